The van der Waals surface area contributed by atoms with Gasteiger partial charge in [0.2, 0.25) is 11.8 Å². The predicted molar refractivity (Wildman–Crippen MR) is 84.1 cm³/mol. The smallest absolute Gasteiger partial charge is 0.230 e. The van der Waals surface area contributed by atoms with Crippen LogP contribution in [0, 0.1) is 5.92 Å². The van der Waals surface area contributed by atoms with Crippen molar-refractivity contribution in [3.8, 4) is 0 Å². The van der Waals surface area contributed by atoms with Gasteiger partial charge in [-0.25, -0.2) is 8.42 Å². The largest absolute Gasteiger partial charge is 0.316 e. The molecule has 2 aliphatic rings. The summed E-state index contributed by atoms with van der Waals surface area (Å²) in [5.74, 6) is -1.05. The SMILES string of the molecule is O=C1CCC(=O)N1C(C1CCCNC1)S(=O)(=O)c1ccccc1. The van der Waals surface area contributed by atoms with Crippen molar-refractivity contribution in [3.63, 3.8) is 0 Å². The molecule has 0 aromatic heterocycles. The first-order valence-electron chi connectivity index (χ1n) is 7.86. The van der Waals surface area contributed by atoms with Crippen molar-refractivity contribution < 1.29 is 18.0 Å². The Morgan fingerprint density at radius 1 is 1.09 bits per heavy atom. The molecule has 23 heavy (non-hydrogen) atoms. The van der Waals surface area contributed by atoms with Gasteiger partial charge in [0.05, 0.1) is 4.90 Å². The van der Waals surface area contributed by atoms with E-state index in [-0.39, 0.29) is 35.5 Å². The van der Waals surface area contributed by atoms with E-state index in [9.17, 15) is 18.0 Å². The van der Waals surface area contributed by atoms with Crippen molar-refractivity contribution in [2.45, 2.75) is 36.0 Å². The van der Waals surface area contributed by atoms with Gasteiger partial charge < -0.3 is 5.32 Å². The molecule has 124 valence electrons. The number of nitrogens with zero attached hydrogens (tertiary/aromatic N) is 1. The van der Waals surface area contributed by atoms with Gasteiger partial charge in [-0.3, -0.25) is 14.5 Å². The van der Waals surface area contributed by atoms with Crippen molar-refractivity contribution in [1.29, 1.82) is 0 Å². The van der Waals surface area contributed by atoms with E-state index in [1.807, 2.05) is 0 Å². The van der Waals surface area contributed by atoms with Gasteiger partial charge in [0.15, 0.2) is 9.84 Å². The second-order valence-corrected chi connectivity index (χ2v) is 8.06. The molecule has 3 rings (SSSR count). The summed E-state index contributed by atoms with van der Waals surface area (Å²) in [5.41, 5.74) is 0. The number of imide groups is 1. The van der Waals surface area contributed by atoms with E-state index < -0.39 is 15.2 Å². The van der Waals surface area contributed by atoms with E-state index in [1.165, 1.54) is 12.1 Å². The summed E-state index contributed by atoms with van der Waals surface area (Å²) in [6.07, 6.45) is 1.71. The molecule has 2 saturated heterocycles. The Kier molecular flexibility index (Phi) is 4.50. The standard InChI is InChI=1S/C16H20N2O4S/c19-14-8-9-15(20)18(14)16(12-5-4-10-17-11-12)23(21,22)13-6-2-1-3-7-13/h1-3,6-7,12,16-17H,4-5,8-11H2. The topological polar surface area (TPSA) is 83.6 Å². The molecule has 6 nitrogen and oxygen atoms in total. The number of hydrogen-bond donors (Lipinski definition) is 1. The highest BCUT2D eigenvalue weighted by molar-refractivity contribution is 7.92. The van der Waals surface area contributed by atoms with Crippen LogP contribution in [0.3, 0.4) is 0 Å². The molecular weight excluding hydrogens is 316 g/mol. The maximum absolute atomic E-state index is 13.1. The minimum atomic E-state index is -3.81. The van der Waals surface area contributed by atoms with Crippen molar-refractivity contribution in [2.24, 2.45) is 5.92 Å². The Morgan fingerprint density at radius 3 is 2.30 bits per heavy atom. The maximum atomic E-state index is 13.1. The van der Waals surface area contributed by atoms with Crippen LogP contribution < -0.4 is 5.32 Å². The lowest BCUT2D eigenvalue weighted by molar-refractivity contribution is -0.140. The monoisotopic (exact) mass is 336 g/mol. The third-order valence-corrected chi connectivity index (χ3v) is 6.63. The van der Waals surface area contributed by atoms with Gasteiger partial charge >= 0.3 is 0 Å². The molecule has 0 bridgehead atoms. The first-order valence-corrected chi connectivity index (χ1v) is 9.41. The number of hydrogen-bond acceptors (Lipinski definition) is 5. The second kappa shape index (κ2) is 6.41. The van der Waals surface area contributed by atoms with E-state index in [2.05, 4.69) is 5.32 Å². The van der Waals surface area contributed by atoms with Crippen LogP contribution in [0.15, 0.2) is 35.2 Å². The lowest BCUT2D eigenvalue weighted by Crippen LogP contribution is -2.52. The molecule has 1 aromatic rings. The Hall–Kier alpha value is -1.73. The van der Waals surface area contributed by atoms with E-state index in [4.69, 9.17) is 0 Å². The number of likely N-dealkylation sites (tertiary alicyclic amines) is 1. The van der Waals surface area contributed by atoms with Gasteiger partial charge in [0.1, 0.15) is 5.37 Å². The van der Waals surface area contributed by atoms with Gasteiger partial charge in [0.25, 0.3) is 0 Å². The molecule has 2 atom stereocenters. The van der Waals surface area contributed by atoms with Crippen LogP contribution in [0.25, 0.3) is 0 Å². The molecule has 0 spiro atoms. The van der Waals surface area contributed by atoms with Crippen LogP contribution in [-0.4, -0.2) is 43.6 Å². The van der Waals surface area contributed by atoms with Gasteiger partial charge in [-0.05, 0) is 31.5 Å². The summed E-state index contributed by atoms with van der Waals surface area (Å²) >= 11 is 0. The van der Waals surface area contributed by atoms with Crippen LogP contribution in [0.4, 0.5) is 0 Å². The molecule has 1 aromatic carbocycles. The van der Waals surface area contributed by atoms with Crippen LogP contribution in [0.1, 0.15) is 25.7 Å². The van der Waals surface area contributed by atoms with Crippen LogP contribution >= 0.6 is 0 Å². The summed E-state index contributed by atoms with van der Waals surface area (Å²) in [6, 6.07) is 8.07. The zero-order valence-electron chi connectivity index (χ0n) is 12.8. The van der Waals surface area contributed by atoms with Crippen molar-refractivity contribution >= 4 is 21.7 Å². The highest BCUT2D eigenvalue weighted by Crippen LogP contribution is 2.32. The molecule has 2 heterocycles. The Bertz CT molecular complexity index is 680. The lowest BCUT2D eigenvalue weighted by atomic mass is 9.99. The fraction of sp³-hybridized carbons (Fsp3) is 0.500. The minimum Gasteiger partial charge on any atom is -0.316 e. The summed E-state index contributed by atoms with van der Waals surface area (Å²) in [6.45, 7) is 1.32. The summed E-state index contributed by atoms with van der Waals surface area (Å²) in [5, 5.41) is 2.07. The van der Waals surface area contributed by atoms with Crippen LogP contribution in [0.2, 0.25) is 0 Å². The third-order valence-electron chi connectivity index (χ3n) is 4.47. The minimum absolute atomic E-state index is 0.0970. The van der Waals surface area contributed by atoms with Crippen LogP contribution in [-0.2, 0) is 19.4 Å². The van der Waals surface area contributed by atoms with E-state index in [0.717, 1.165) is 17.9 Å². The number of rotatable bonds is 4. The molecular formula is C16H20N2O4S. The molecule has 1 N–H and O–H groups in total. The number of benzene rings is 1. The number of nitrogens with one attached hydrogen (secondary N) is 1. The van der Waals surface area contributed by atoms with Gasteiger partial charge in [-0.15, -0.1) is 0 Å². The highest BCUT2D eigenvalue weighted by Gasteiger charge is 2.46. The Morgan fingerprint density at radius 2 is 1.74 bits per heavy atom. The molecule has 2 amide bonds. The molecule has 0 saturated carbocycles. The molecule has 2 unspecified atom stereocenters. The summed E-state index contributed by atoms with van der Waals surface area (Å²) < 4.78 is 26.3. The molecule has 2 aliphatic heterocycles. The normalized spacial score (nSPS) is 24.0. The van der Waals surface area contributed by atoms with Gasteiger partial charge in [-0.1, -0.05) is 18.2 Å². The average molecular weight is 336 g/mol. The maximum Gasteiger partial charge on any atom is 0.230 e. The average Bonchev–Trinajstić information content (AvgIpc) is 2.89. The second-order valence-electron chi connectivity index (χ2n) is 6.01. The third kappa shape index (κ3) is 3.03. The van der Waals surface area contributed by atoms with Crippen molar-refractivity contribution in [2.75, 3.05) is 13.1 Å². The first-order chi connectivity index (χ1) is 11.0. The molecule has 2 fully saturated rings. The highest BCUT2D eigenvalue weighted by atomic mass is 32.2. The number of carbonyl (C=O) groups excluding carboxylic acids is 2. The fourth-order valence-corrected chi connectivity index (χ4v) is 5.42. The number of sulfone groups is 1. The number of carbonyl (C=O) groups is 2. The zero-order valence-corrected chi connectivity index (χ0v) is 13.6. The number of piperidine rings is 1. The Balaban J connectivity index is 2.04. The Labute approximate surface area is 135 Å². The van der Waals surface area contributed by atoms with E-state index in [1.54, 1.807) is 18.2 Å². The summed E-state index contributed by atoms with van der Waals surface area (Å²) in [7, 11) is -3.81. The quantitative estimate of drug-likeness (QED) is 0.827. The van der Waals surface area contributed by atoms with Crippen molar-refractivity contribution in [3.05, 3.63) is 30.3 Å². The van der Waals surface area contributed by atoms with E-state index in [0.29, 0.717) is 13.0 Å². The molecule has 7 heteroatoms. The molecule has 0 aliphatic carbocycles. The van der Waals surface area contributed by atoms with E-state index >= 15 is 0 Å². The van der Waals surface area contributed by atoms with Crippen LogP contribution in [0.5, 0.6) is 0 Å². The molecule has 0 radical (unpaired) electrons. The first kappa shape index (κ1) is 16.1. The van der Waals surface area contributed by atoms with Gasteiger partial charge in [0, 0.05) is 25.3 Å². The predicted octanol–water partition coefficient (Wildman–Crippen LogP) is 0.935. The lowest BCUT2D eigenvalue weighted by Gasteiger charge is -2.35. The van der Waals surface area contributed by atoms with Crippen molar-refractivity contribution in [1.82, 2.24) is 10.2 Å². The fourth-order valence-electron chi connectivity index (χ4n) is 3.35. The van der Waals surface area contributed by atoms with Gasteiger partial charge in [-0.2, -0.15) is 0 Å². The zero-order chi connectivity index (χ0) is 16.4. The summed E-state index contributed by atoms with van der Waals surface area (Å²) in [4.78, 5) is 25.5. The number of amides is 2.